The van der Waals surface area contributed by atoms with Crippen molar-refractivity contribution in [3.05, 3.63) is 200 Å². The minimum atomic E-state index is 0.000691. The third-order valence-corrected chi connectivity index (χ3v) is 11.5. The van der Waals surface area contributed by atoms with Gasteiger partial charge in [0, 0.05) is 22.7 Å². The lowest BCUT2D eigenvalue weighted by Crippen LogP contribution is -2.76. The number of rotatable bonds is 4. The van der Waals surface area contributed by atoms with E-state index in [1.165, 1.54) is 44.2 Å². The van der Waals surface area contributed by atoms with Gasteiger partial charge in [-0.3, -0.25) is 0 Å². The largest absolute Gasteiger partial charge is 0.309 e. The fourth-order valence-corrected chi connectivity index (χ4v) is 9.33. The molecular weight excluding hydrogens is 666 g/mol. The van der Waals surface area contributed by atoms with Gasteiger partial charge in [-0.05, 0) is 83.7 Å². The monoisotopic (exact) mass is 698 g/mol. The highest BCUT2D eigenvalue weighted by Crippen LogP contribution is 2.58. The summed E-state index contributed by atoms with van der Waals surface area (Å²) in [7, 11) is 0. The van der Waals surface area contributed by atoms with Crippen molar-refractivity contribution in [2.45, 2.75) is 0 Å². The number of fused-ring (bicyclic) bond motifs is 7. The van der Waals surface area contributed by atoms with Crippen LogP contribution in [0.15, 0.2) is 194 Å². The molecule has 3 heterocycles. The Morgan fingerprint density at radius 3 is 1.45 bits per heavy atom. The van der Waals surface area contributed by atoms with Gasteiger partial charge in [-0.15, -0.1) is 0 Å². The zero-order valence-corrected chi connectivity index (χ0v) is 29.9. The van der Waals surface area contributed by atoms with Crippen LogP contribution in [-0.4, -0.2) is 13.4 Å². The lowest BCUT2D eigenvalue weighted by molar-refractivity contribution is 1.16. The number of hydrogen-bond acceptors (Lipinski definition) is 4. The molecule has 0 saturated heterocycles. The lowest BCUT2D eigenvalue weighted by atomic mass is 9.20. The first-order chi connectivity index (χ1) is 27.3. The van der Waals surface area contributed by atoms with E-state index in [1.54, 1.807) is 0 Å². The average Bonchev–Trinajstić information content (AvgIpc) is 3.26. The topological polar surface area (TPSA) is 33.5 Å². The molecule has 0 spiro atoms. The lowest BCUT2D eigenvalue weighted by Gasteiger charge is -2.48. The highest BCUT2D eigenvalue weighted by molar-refractivity contribution is 7.12. The molecule has 0 unspecified atom stereocenters. The van der Waals surface area contributed by atoms with Crippen molar-refractivity contribution in [1.82, 2.24) is 0 Å². The third kappa shape index (κ3) is 4.67. The summed E-state index contributed by atoms with van der Waals surface area (Å²) in [4.78, 5) is 7.39. The molecule has 8 aromatic rings. The van der Waals surface area contributed by atoms with Crippen LogP contribution in [0.3, 0.4) is 0 Å². The maximum Gasteiger partial charge on any atom is 0.245 e. The van der Waals surface area contributed by atoms with Crippen LogP contribution < -0.4 is 47.5 Å². The summed E-state index contributed by atoms with van der Waals surface area (Å²) < 4.78 is 0. The maximum atomic E-state index is 9.81. The molecule has 8 aromatic carbocycles. The SMILES string of the molecule is N#Cc1ccc(N2c3ccccc3N(c3ccccc3)c3c2cc2c4c3N(c3ccccc3)c3ccccc3B4c3ccccc3B2c2ccccc2)cc1. The molecule has 0 amide bonds. The minimum Gasteiger partial charge on any atom is -0.309 e. The molecule has 11 rings (SSSR count). The standard InChI is InChI=1S/C49H32B2N4/c52-33-34-28-30-38(31-29-34)53-44-26-14-15-27-45(44)55(37-20-8-3-9-21-37)48-46(53)32-42-47-49(48)54(36-18-6-2-7-19-36)43-25-13-12-24-41(43)51(47)40-23-11-10-22-39(40)50(42)35-16-4-1-5-17-35/h1-32H. The molecule has 4 nitrogen and oxygen atoms in total. The Kier molecular flexibility index (Phi) is 7.08. The predicted molar refractivity (Wildman–Crippen MR) is 231 cm³/mol. The first kappa shape index (κ1) is 31.3. The summed E-state index contributed by atoms with van der Waals surface area (Å²) in [5, 5.41) is 9.81. The van der Waals surface area contributed by atoms with E-state index in [4.69, 9.17) is 0 Å². The second-order valence-electron chi connectivity index (χ2n) is 14.4. The maximum absolute atomic E-state index is 9.81. The summed E-state index contributed by atoms with van der Waals surface area (Å²) in [6.07, 6.45) is 0. The van der Waals surface area contributed by atoms with Crippen molar-refractivity contribution in [3.8, 4) is 6.07 Å². The Hall–Kier alpha value is -7.22. The van der Waals surface area contributed by atoms with Gasteiger partial charge in [0.05, 0.1) is 40.1 Å². The molecule has 0 atom stereocenters. The van der Waals surface area contributed by atoms with Crippen LogP contribution >= 0.6 is 0 Å². The summed E-state index contributed by atoms with van der Waals surface area (Å²) in [6.45, 7) is 0.0153. The zero-order chi connectivity index (χ0) is 36.5. The Balaban J connectivity index is 1.35. The van der Waals surface area contributed by atoms with E-state index in [9.17, 15) is 5.26 Å². The molecule has 0 saturated carbocycles. The van der Waals surface area contributed by atoms with Crippen LogP contribution in [0, 0.1) is 11.3 Å². The summed E-state index contributed by atoms with van der Waals surface area (Å²) in [5.41, 5.74) is 18.4. The van der Waals surface area contributed by atoms with Crippen molar-refractivity contribution < 1.29 is 0 Å². The van der Waals surface area contributed by atoms with Gasteiger partial charge < -0.3 is 14.7 Å². The summed E-state index contributed by atoms with van der Waals surface area (Å²) >= 11 is 0. The Morgan fingerprint density at radius 1 is 0.364 bits per heavy atom. The smallest absolute Gasteiger partial charge is 0.245 e. The fourth-order valence-electron chi connectivity index (χ4n) is 9.33. The van der Waals surface area contributed by atoms with Crippen LogP contribution in [0.2, 0.25) is 0 Å². The van der Waals surface area contributed by atoms with E-state index >= 15 is 0 Å². The third-order valence-electron chi connectivity index (χ3n) is 11.5. The highest BCUT2D eigenvalue weighted by atomic mass is 15.3. The molecule has 55 heavy (non-hydrogen) atoms. The van der Waals surface area contributed by atoms with Crippen molar-refractivity contribution in [1.29, 1.82) is 5.26 Å². The molecule has 0 fully saturated rings. The van der Waals surface area contributed by atoms with Crippen molar-refractivity contribution in [2.75, 3.05) is 14.7 Å². The molecule has 0 aromatic heterocycles. The number of nitrogens with zero attached hydrogens (tertiary/aromatic N) is 4. The molecule has 3 aliphatic rings. The van der Waals surface area contributed by atoms with Crippen LogP contribution in [-0.2, 0) is 0 Å². The van der Waals surface area contributed by atoms with Crippen molar-refractivity contribution >= 4 is 97.4 Å². The van der Waals surface area contributed by atoms with Gasteiger partial charge in [0.25, 0.3) is 0 Å². The first-order valence-corrected chi connectivity index (χ1v) is 18.8. The number of benzene rings is 8. The summed E-state index contributed by atoms with van der Waals surface area (Å²) in [5.74, 6) is 0. The molecule has 254 valence electrons. The van der Waals surface area contributed by atoms with Crippen LogP contribution in [0.1, 0.15) is 5.56 Å². The second kappa shape index (κ2) is 12.4. The minimum absolute atomic E-state index is 0.000691. The van der Waals surface area contributed by atoms with Gasteiger partial charge in [-0.25, -0.2) is 0 Å². The van der Waals surface area contributed by atoms with Crippen molar-refractivity contribution in [2.24, 2.45) is 0 Å². The van der Waals surface area contributed by atoms with E-state index in [2.05, 4.69) is 203 Å². The first-order valence-electron chi connectivity index (χ1n) is 18.8. The zero-order valence-electron chi connectivity index (χ0n) is 29.9. The van der Waals surface area contributed by atoms with E-state index in [1.807, 2.05) is 12.1 Å². The Labute approximate surface area is 321 Å². The quantitative estimate of drug-likeness (QED) is 0.175. The van der Waals surface area contributed by atoms with Crippen LogP contribution in [0.4, 0.5) is 51.2 Å². The number of para-hydroxylation sites is 5. The van der Waals surface area contributed by atoms with Gasteiger partial charge in [-0.1, -0.05) is 143 Å². The molecule has 6 heteroatoms. The van der Waals surface area contributed by atoms with Gasteiger partial charge in [0.15, 0.2) is 0 Å². The number of hydrogen-bond donors (Lipinski definition) is 0. The average molecular weight is 698 g/mol. The number of anilines is 9. The van der Waals surface area contributed by atoms with E-state index in [0.29, 0.717) is 5.56 Å². The van der Waals surface area contributed by atoms with Crippen LogP contribution in [0.25, 0.3) is 0 Å². The van der Waals surface area contributed by atoms with Gasteiger partial charge in [-0.2, -0.15) is 5.26 Å². The fraction of sp³-hybridized carbons (Fsp3) is 0. The van der Waals surface area contributed by atoms with Crippen LogP contribution in [0.5, 0.6) is 0 Å². The van der Waals surface area contributed by atoms with E-state index in [0.717, 1.165) is 39.8 Å². The normalized spacial score (nSPS) is 13.3. The molecule has 0 bridgehead atoms. The molecule has 0 radical (unpaired) electrons. The number of nitriles is 1. The second-order valence-corrected chi connectivity index (χ2v) is 14.4. The van der Waals surface area contributed by atoms with Gasteiger partial charge >= 0.3 is 0 Å². The molecular formula is C49H32B2N4. The highest BCUT2D eigenvalue weighted by Gasteiger charge is 2.48. The predicted octanol–water partition coefficient (Wildman–Crippen LogP) is 7.94. The Morgan fingerprint density at radius 2 is 0.836 bits per heavy atom. The Bertz CT molecular complexity index is 2790. The van der Waals surface area contributed by atoms with Crippen molar-refractivity contribution in [3.63, 3.8) is 0 Å². The van der Waals surface area contributed by atoms with Gasteiger partial charge in [0.2, 0.25) is 13.4 Å². The molecule has 3 aliphatic heterocycles. The van der Waals surface area contributed by atoms with Gasteiger partial charge in [0.1, 0.15) is 0 Å². The summed E-state index contributed by atoms with van der Waals surface area (Å²) in [6, 6.07) is 72.2. The molecule has 0 aliphatic carbocycles. The van der Waals surface area contributed by atoms with E-state index < -0.39 is 0 Å². The molecule has 0 N–H and O–H groups in total. The van der Waals surface area contributed by atoms with E-state index in [-0.39, 0.29) is 13.4 Å².